The van der Waals surface area contributed by atoms with Gasteiger partial charge >= 0.3 is 6.09 Å². The van der Waals surface area contributed by atoms with Crippen LogP contribution >= 0.6 is 0 Å². The third-order valence-corrected chi connectivity index (χ3v) is 4.16. The van der Waals surface area contributed by atoms with Crippen molar-refractivity contribution in [3.8, 4) is 0 Å². The molecule has 1 fully saturated rings. The Morgan fingerprint density at radius 1 is 1.43 bits per heavy atom. The van der Waals surface area contributed by atoms with Crippen molar-refractivity contribution >= 4 is 17.0 Å². The van der Waals surface area contributed by atoms with Crippen LogP contribution in [0.1, 0.15) is 50.9 Å². The molecular formula is C18H25N3O2. The van der Waals surface area contributed by atoms with Gasteiger partial charge in [-0.3, -0.25) is 4.98 Å². The second kappa shape index (κ2) is 5.87. The third-order valence-electron chi connectivity index (χ3n) is 4.16. The van der Waals surface area contributed by atoms with E-state index in [1.54, 1.807) is 0 Å². The zero-order chi connectivity index (χ0) is 16.6. The lowest BCUT2D eigenvalue weighted by atomic mass is 9.93. The SMILES string of the molecule is Cc1cc2cc[nH]c2c(C2CCCN(C(=O)OC(C)(C)C)C2)n1. The van der Waals surface area contributed by atoms with Gasteiger partial charge in [0.15, 0.2) is 0 Å². The lowest BCUT2D eigenvalue weighted by Crippen LogP contribution is -2.42. The molecule has 0 bridgehead atoms. The summed E-state index contributed by atoms with van der Waals surface area (Å²) in [6.45, 7) is 9.14. The molecule has 2 aromatic heterocycles. The van der Waals surface area contributed by atoms with Gasteiger partial charge in [-0.25, -0.2) is 4.79 Å². The number of fused-ring (bicyclic) bond motifs is 1. The number of aromatic nitrogens is 2. The van der Waals surface area contributed by atoms with Crippen molar-refractivity contribution in [1.82, 2.24) is 14.9 Å². The highest BCUT2D eigenvalue weighted by Gasteiger charge is 2.30. The van der Waals surface area contributed by atoms with Crippen molar-refractivity contribution in [2.24, 2.45) is 0 Å². The van der Waals surface area contributed by atoms with Crippen LogP contribution in [0.4, 0.5) is 4.79 Å². The van der Waals surface area contributed by atoms with Crippen LogP contribution in [0.5, 0.6) is 0 Å². The van der Waals surface area contributed by atoms with E-state index in [1.165, 1.54) is 5.39 Å². The fourth-order valence-corrected chi connectivity index (χ4v) is 3.21. The first-order valence-electron chi connectivity index (χ1n) is 8.26. The summed E-state index contributed by atoms with van der Waals surface area (Å²) in [5, 5.41) is 1.18. The van der Waals surface area contributed by atoms with Crippen LogP contribution in [-0.4, -0.2) is 39.7 Å². The monoisotopic (exact) mass is 315 g/mol. The van der Waals surface area contributed by atoms with Crippen LogP contribution in [0, 0.1) is 6.92 Å². The van der Waals surface area contributed by atoms with Crippen LogP contribution in [0.15, 0.2) is 18.3 Å². The van der Waals surface area contributed by atoms with E-state index in [0.29, 0.717) is 6.54 Å². The van der Waals surface area contributed by atoms with Crippen LogP contribution in [0.3, 0.4) is 0 Å². The van der Waals surface area contributed by atoms with Gasteiger partial charge in [-0.05, 0) is 52.7 Å². The van der Waals surface area contributed by atoms with Gasteiger partial charge in [0, 0.05) is 36.3 Å². The fraction of sp³-hybridized carbons (Fsp3) is 0.556. The number of amides is 1. The largest absolute Gasteiger partial charge is 0.444 e. The molecule has 1 amide bonds. The zero-order valence-electron chi connectivity index (χ0n) is 14.3. The van der Waals surface area contributed by atoms with Gasteiger partial charge in [-0.2, -0.15) is 0 Å². The molecule has 1 aliphatic rings. The topological polar surface area (TPSA) is 58.2 Å². The van der Waals surface area contributed by atoms with Gasteiger partial charge < -0.3 is 14.6 Å². The van der Waals surface area contributed by atoms with Crippen LogP contribution in [0.25, 0.3) is 10.9 Å². The van der Waals surface area contributed by atoms with E-state index < -0.39 is 5.60 Å². The van der Waals surface area contributed by atoms with Crippen molar-refractivity contribution < 1.29 is 9.53 Å². The first-order chi connectivity index (χ1) is 10.8. The highest BCUT2D eigenvalue weighted by Crippen LogP contribution is 2.31. The van der Waals surface area contributed by atoms with Crippen molar-refractivity contribution in [1.29, 1.82) is 0 Å². The molecule has 2 aromatic rings. The lowest BCUT2D eigenvalue weighted by Gasteiger charge is -2.34. The molecule has 23 heavy (non-hydrogen) atoms. The fourth-order valence-electron chi connectivity index (χ4n) is 3.21. The summed E-state index contributed by atoms with van der Waals surface area (Å²) in [5.74, 6) is 0.248. The van der Waals surface area contributed by atoms with Gasteiger partial charge in [0.2, 0.25) is 0 Å². The summed E-state index contributed by atoms with van der Waals surface area (Å²) < 4.78 is 5.52. The van der Waals surface area contributed by atoms with E-state index in [1.807, 2.05) is 38.8 Å². The number of aryl methyl sites for hydroxylation is 1. The number of pyridine rings is 1. The second-order valence-electron chi connectivity index (χ2n) is 7.36. The first kappa shape index (κ1) is 15.8. The molecule has 1 N–H and O–H groups in total. The summed E-state index contributed by atoms with van der Waals surface area (Å²) >= 11 is 0. The van der Waals surface area contributed by atoms with Crippen LogP contribution in [0.2, 0.25) is 0 Å². The Morgan fingerprint density at radius 2 is 2.22 bits per heavy atom. The summed E-state index contributed by atoms with van der Waals surface area (Å²) in [5.41, 5.74) is 2.71. The highest BCUT2D eigenvalue weighted by atomic mass is 16.6. The molecule has 0 radical (unpaired) electrons. The third kappa shape index (κ3) is 3.49. The van der Waals surface area contributed by atoms with Crippen LogP contribution < -0.4 is 0 Å². The summed E-state index contributed by atoms with van der Waals surface area (Å²) in [6.07, 6.45) is 3.74. The molecule has 1 unspecified atom stereocenters. The number of aromatic amines is 1. The Bertz CT molecular complexity index is 715. The van der Waals surface area contributed by atoms with Crippen LogP contribution in [-0.2, 0) is 4.74 Å². The molecular weight excluding hydrogens is 290 g/mol. The minimum atomic E-state index is -0.460. The normalized spacial score (nSPS) is 19.1. The maximum Gasteiger partial charge on any atom is 0.410 e. The number of nitrogens with one attached hydrogen (secondary N) is 1. The molecule has 1 aliphatic heterocycles. The number of hydrogen-bond acceptors (Lipinski definition) is 3. The summed E-state index contributed by atoms with van der Waals surface area (Å²) in [4.78, 5) is 22.2. The van der Waals surface area contributed by atoms with Gasteiger partial charge in [-0.1, -0.05) is 0 Å². The Morgan fingerprint density at radius 3 is 2.96 bits per heavy atom. The minimum absolute atomic E-state index is 0.224. The summed E-state index contributed by atoms with van der Waals surface area (Å²) in [6, 6.07) is 4.16. The number of carbonyl (C=O) groups is 1. The number of nitrogens with zero attached hydrogens (tertiary/aromatic N) is 2. The van der Waals surface area contributed by atoms with Crippen molar-refractivity contribution in [2.45, 2.75) is 52.1 Å². The number of carbonyl (C=O) groups excluding carboxylic acids is 1. The predicted octanol–water partition coefficient (Wildman–Crippen LogP) is 3.99. The number of rotatable bonds is 1. The quantitative estimate of drug-likeness (QED) is 0.865. The molecule has 0 aliphatic carbocycles. The van der Waals surface area contributed by atoms with E-state index in [4.69, 9.17) is 9.72 Å². The van der Waals surface area contributed by atoms with Gasteiger partial charge in [0.1, 0.15) is 5.60 Å². The Labute approximate surface area is 137 Å². The molecule has 0 aromatic carbocycles. The standard InChI is InChI=1S/C18H25N3O2/c1-12-10-13-7-8-19-15(13)16(20-12)14-6-5-9-21(11-14)17(22)23-18(2,3)4/h7-8,10,14,19H,5-6,9,11H2,1-4H3. The lowest BCUT2D eigenvalue weighted by molar-refractivity contribution is 0.0197. The van der Waals surface area contributed by atoms with Gasteiger partial charge in [-0.15, -0.1) is 0 Å². The molecule has 0 saturated carbocycles. The van der Waals surface area contributed by atoms with Gasteiger partial charge in [0.25, 0.3) is 0 Å². The first-order valence-corrected chi connectivity index (χ1v) is 8.26. The molecule has 3 rings (SSSR count). The average Bonchev–Trinajstić information content (AvgIpc) is 2.92. The maximum absolute atomic E-state index is 12.3. The van der Waals surface area contributed by atoms with E-state index >= 15 is 0 Å². The second-order valence-corrected chi connectivity index (χ2v) is 7.36. The van der Waals surface area contributed by atoms with Crippen molar-refractivity contribution in [2.75, 3.05) is 13.1 Å². The van der Waals surface area contributed by atoms with Crippen molar-refractivity contribution in [3.05, 3.63) is 29.7 Å². The van der Waals surface area contributed by atoms with E-state index in [9.17, 15) is 4.79 Å². The summed E-state index contributed by atoms with van der Waals surface area (Å²) in [7, 11) is 0. The molecule has 5 heteroatoms. The smallest absolute Gasteiger partial charge is 0.410 e. The Kier molecular flexibility index (Phi) is 4.04. The molecule has 5 nitrogen and oxygen atoms in total. The maximum atomic E-state index is 12.3. The number of H-pyrrole nitrogens is 1. The average molecular weight is 315 g/mol. The van der Waals surface area contributed by atoms with Gasteiger partial charge in [0.05, 0.1) is 11.2 Å². The Balaban J connectivity index is 1.83. The predicted molar refractivity (Wildman–Crippen MR) is 90.6 cm³/mol. The molecule has 124 valence electrons. The number of hydrogen-bond donors (Lipinski definition) is 1. The molecule has 3 heterocycles. The van der Waals surface area contributed by atoms with E-state index in [0.717, 1.165) is 36.3 Å². The minimum Gasteiger partial charge on any atom is -0.444 e. The highest BCUT2D eigenvalue weighted by molar-refractivity contribution is 5.82. The molecule has 0 spiro atoms. The molecule has 1 atom stereocenters. The number of likely N-dealkylation sites (tertiary alicyclic amines) is 1. The van der Waals surface area contributed by atoms with E-state index in [-0.39, 0.29) is 12.0 Å². The van der Waals surface area contributed by atoms with Crippen molar-refractivity contribution in [3.63, 3.8) is 0 Å². The number of piperidine rings is 1. The zero-order valence-corrected chi connectivity index (χ0v) is 14.3. The Hall–Kier alpha value is -2.04. The number of ether oxygens (including phenoxy) is 1. The molecule has 1 saturated heterocycles. The van der Waals surface area contributed by atoms with E-state index in [2.05, 4.69) is 17.1 Å².